The van der Waals surface area contributed by atoms with Crippen LogP contribution in [0.4, 0.5) is 0 Å². The Morgan fingerprint density at radius 1 is 0.171 bits per heavy atom. The van der Waals surface area contributed by atoms with E-state index < -0.39 is 0 Å². The summed E-state index contributed by atoms with van der Waals surface area (Å²) in [4.78, 5) is 0. The number of rotatable bonds is 8. The van der Waals surface area contributed by atoms with E-state index in [1.54, 1.807) is 0 Å². The van der Waals surface area contributed by atoms with Crippen LogP contribution in [0.2, 0.25) is 0 Å². The number of hydrogen-bond donors (Lipinski definition) is 0. The van der Waals surface area contributed by atoms with Gasteiger partial charge in [-0.15, -0.1) is 0 Å². The largest absolute Gasteiger partial charge is 0.309 e. The first-order chi connectivity index (χ1) is 52.1. The standard InChI is InChI=1S/C97H58N8/c98-59-60-49-51-61(52-50-60)92-93(101-82-41-17-5-29-68(82)69-30-6-18-42-83(69)101)95(104-88-47-23-11-35-74(88)76-57-62(53-55-90(76)104)99-78-37-13-1-25-64(78)65-26-2-14-38-79(65)99)97(103-86-45-21-9-33-72(86)73-34-10-22-46-87(73)103)96(94(92)102-84-43-19-7-31-70(84)71-32-8-20-44-85(71)102)105-89-48-24-12-36-75(89)77-58-63(54-56-91(77)105)100-80-39-15-3-27-66(80)67-28-4-16-40-81(67)100/h1-58H. The van der Waals surface area contributed by atoms with Gasteiger partial charge in [-0.05, 0) is 127 Å². The molecule has 0 atom stereocenters. The monoisotopic (exact) mass is 1330 g/mol. The molecule has 16 aromatic carbocycles. The van der Waals surface area contributed by atoms with Crippen LogP contribution >= 0.6 is 0 Å². The zero-order valence-corrected chi connectivity index (χ0v) is 56.6. The number of fused-ring (bicyclic) bond motifs is 21. The summed E-state index contributed by atoms with van der Waals surface area (Å²) in [6, 6.07) is 132. The van der Waals surface area contributed by atoms with Gasteiger partial charge in [0.25, 0.3) is 0 Å². The van der Waals surface area contributed by atoms with E-state index in [4.69, 9.17) is 0 Å². The first-order valence-corrected chi connectivity index (χ1v) is 35.9. The molecule has 0 saturated heterocycles. The van der Waals surface area contributed by atoms with E-state index in [0.717, 1.165) is 182 Å². The highest BCUT2D eigenvalue weighted by Crippen LogP contribution is 2.55. The highest BCUT2D eigenvalue weighted by molar-refractivity contribution is 6.21. The second-order valence-corrected chi connectivity index (χ2v) is 27.8. The summed E-state index contributed by atoms with van der Waals surface area (Å²) in [5.41, 5.74) is 24.4. The number of benzene rings is 16. The fraction of sp³-hybridized carbons (Fsp3) is 0. The summed E-state index contributed by atoms with van der Waals surface area (Å²) < 4.78 is 17.9. The molecular formula is C97H58N8. The maximum atomic E-state index is 10.9. The van der Waals surface area contributed by atoms with Crippen molar-refractivity contribution in [2.75, 3.05) is 0 Å². The minimum atomic E-state index is 0.570. The van der Waals surface area contributed by atoms with E-state index in [2.05, 4.69) is 378 Å². The molecule has 0 bridgehead atoms. The average Bonchev–Trinajstić information content (AvgIpc) is 1.56. The second-order valence-electron chi connectivity index (χ2n) is 27.8. The quantitative estimate of drug-likeness (QED) is 0.150. The maximum absolute atomic E-state index is 10.9. The van der Waals surface area contributed by atoms with Gasteiger partial charge in [0.15, 0.2) is 0 Å². The number of hydrogen-bond acceptors (Lipinski definition) is 1. The third-order valence-electron chi connectivity index (χ3n) is 22.5. The van der Waals surface area contributed by atoms with Crippen molar-refractivity contribution in [2.24, 2.45) is 0 Å². The molecule has 0 aliphatic heterocycles. The zero-order chi connectivity index (χ0) is 68.7. The lowest BCUT2D eigenvalue weighted by Crippen LogP contribution is -2.18. The summed E-state index contributed by atoms with van der Waals surface area (Å²) in [6.07, 6.45) is 0. The van der Waals surface area contributed by atoms with Gasteiger partial charge >= 0.3 is 0 Å². The summed E-state index contributed by atoms with van der Waals surface area (Å²) in [5.74, 6) is 0. The van der Waals surface area contributed by atoms with Gasteiger partial charge in [0, 0.05) is 92.3 Å². The van der Waals surface area contributed by atoms with Gasteiger partial charge in [-0.2, -0.15) is 5.26 Å². The van der Waals surface area contributed by atoms with Crippen molar-refractivity contribution >= 4 is 153 Å². The van der Waals surface area contributed by atoms with Gasteiger partial charge < -0.3 is 32.0 Å². The number of nitriles is 1. The number of para-hydroxylation sites is 12. The molecule has 0 saturated carbocycles. The third kappa shape index (κ3) is 7.87. The molecule has 0 fully saturated rings. The minimum absolute atomic E-state index is 0.570. The normalized spacial score (nSPS) is 12.2. The van der Waals surface area contributed by atoms with Gasteiger partial charge in [0.1, 0.15) is 0 Å². The fourth-order valence-electron chi connectivity index (χ4n) is 18.3. The molecule has 105 heavy (non-hydrogen) atoms. The van der Waals surface area contributed by atoms with E-state index in [-0.39, 0.29) is 0 Å². The lowest BCUT2D eigenvalue weighted by molar-refractivity contribution is 1.00. The van der Waals surface area contributed by atoms with Gasteiger partial charge in [0.2, 0.25) is 0 Å². The Hall–Kier alpha value is -14.4. The van der Waals surface area contributed by atoms with Crippen LogP contribution < -0.4 is 0 Å². The zero-order valence-electron chi connectivity index (χ0n) is 56.6. The topological polar surface area (TPSA) is 58.3 Å². The smallest absolute Gasteiger partial charge is 0.0991 e. The Balaban J connectivity index is 1.02. The van der Waals surface area contributed by atoms with Crippen molar-refractivity contribution in [3.8, 4) is 57.0 Å². The summed E-state index contributed by atoms with van der Waals surface area (Å²) in [7, 11) is 0. The highest BCUT2D eigenvalue weighted by Gasteiger charge is 2.37. The molecule has 8 nitrogen and oxygen atoms in total. The summed E-state index contributed by atoms with van der Waals surface area (Å²) in [6.45, 7) is 0. The van der Waals surface area contributed by atoms with Crippen molar-refractivity contribution in [3.63, 3.8) is 0 Å². The molecule has 0 N–H and O–H groups in total. The molecule has 0 aliphatic rings. The molecule has 23 aromatic rings. The molecule has 0 radical (unpaired) electrons. The van der Waals surface area contributed by atoms with Crippen LogP contribution in [-0.4, -0.2) is 32.0 Å². The van der Waals surface area contributed by atoms with Crippen LogP contribution in [-0.2, 0) is 0 Å². The molecular weight excluding hydrogens is 1280 g/mol. The van der Waals surface area contributed by atoms with Gasteiger partial charge in [-0.1, -0.05) is 231 Å². The second kappa shape index (κ2) is 21.8. The third-order valence-corrected chi connectivity index (χ3v) is 22.5. The van der Waals surface area contributed by atoms with Crippen molar-refractivity contribution in [1.82, 2.24) is 32.0 Å². The Kier molecular flexibility index (Phi) is 11.9. The number of aromatic nitrogens is 7. The van der Waals surface area contributed by atoms with Crippen molar-refractivity contribution in [2.45, 2.75) is 0 Å². The summed E-state index contributed by atoms with van der Waals surface area (Å²) >= 11 is 0. The Bertz CT molecular complexity index is 7100. The van der Waals surface area contributed by atoms with Crippen LogP contribution in [0.15, 0.2) is 352 Å². The van der Waals surface area contributed by atoms with E-state index in [9.17, 15) is 5.26 Å². The van der Waals surface area contributed by atoms with Crippen molar-refractivity contribution in [1.29, 1.82) is 5.26 Å². The summed E-state index contributed by atoms with van der Waals surface area (Å²) in [5, 5.41) is 27.0. The Labute approximate surface area is 600 Å². The van der Waals surface area contributed by atoms with Crippen LogP contribution in [0.1, 0.15) is 5.56 Å². The molecule has 0 amide bonds. The van der Waals surface area contributed by atoms with Crippen LogP contribution in [0.5, 0.6) is 0 Å². The lowest BCUT2D eigenvalue weighted by atomic mass is 9.94. The molecule has 7 aromatic heterocycles. The maximum Gasteiger partial charge on any atom is 0.0991 e. The Morgan fingerprint density at radius 3 is 0.600 bits per heavy atom. The van der Waals surface area contributed by atoms with E-state index in [1.807, 2.05) is 12.1 Å². The van der Waals surface area contributed by atoms with Gasteiger partial charge in [0.05, 0.1) is 117 Å². The van der Waals surface area contributed by atoms with Crippen LogP contribution in [0.25, 0.3) is 204 Å². The van der Waals surface area contributed by atoms with Crippen molar-refractivity contribution in [3.05, 3.63) is 357 Å². The van der Waals surface area contributed by atoms with Gasteiger partial charge in [-0.3, -0.25) is 0 Å². The predicted molar refractivity (Wildman–Crippen MR) is 437 cm³/mol. The van der Waals surface area contributed by atoms with E-state index in [1.165, 1.54) is 21.5 Å². The fourth-order valence-corrected chi connectivity index (χ4v) is 18.3. The molecule has 0 spiro atoms. The minimum Gasteiger partial charge on any atom is -0.309 e. The predicted octanol–water partition coefficient (Wildman–Crippen LogP) is 24.9. The molecule has 7 heterocycles. The molecule has 486 valence electrons. The highest BCUT2D eigenvalue weighted by atomic mass is 15.2. The number of nitrogens with zero attached hydrogens (tertiary/aromatic N) is 8. The first-order valence-electron chi connectivity index (χ1n) is 35.9. The van der Waals surface area contributed by atoms with Crippen LogP contribution in [0, 0.1) is 11.3 Å². The van der Waals surface area contributed by atoms with Crippen molar-refractivity contribution < 1.29 is 0 Å². The van der Waals surface area contributed by atoms with Gasteiger partial charge in [-0.25, -0.2) is 0 Å². The lowest BCUT2D eigenvalue weighted by Gasteiger charge is -2.32. The van der Waals surface area contributed by atoms with E-state index in [0.29, 0.717) is 5.56 Å². The van der Waals surface area contributed by atoms with Crippen LogP contribution in [0.3, 0.4) is 0 Å². The SMILES string of the molecule is N#Cc1ccc(-c2c(-n3c4ccccc4c4ccccc43)c(-n3c4ccccc4c4cc(-n5c6ccccc6c6ccccc65)ccc43)c(-n3c4ccccc4c4ccccc43)c(-n3c4ccccc4c4cc(-n5c6ccccc6c6ccccc65)ccc43)c2-n2c3ccccc3c3ccccc32)cc1. The Morgan fingerprint density at radius 2 is 0.362 bits per heavy atom. The molecule has 0 unspecified atom stereocenters. The average molecular weight is 1340 g/mol. The molecule has 23 rings (SSSR count). The van der Waals surface area contributed by atoms with E-state index >= 15 is 0 Å². The molecule has 0 aliphatic carbocycles. The molecule has 8 heteroatoms. The first kappa shape index (κ1) is 57.4.